The summed E-state index contributed by atoms with van der Waals surface area (Å²) < 4.78 is 8.32. The number of halogens is 1. The fourth-order valence-corrected chi connectivity index (χ4v) is 3.32. The molecule has 1 aliphatic rings. The van der Waals surface area contributed by atoms with Crippen LogP contribution in [-0.2, 0) is 6.54 Å². The molecule has 2 heterocycles. The van der Waals surface area contributed by atoms with Gasteiger partial charge in [0.25, 0.3) is 0 Å². The number of ether oxygens (including phenoxy) is 1. The van der Waals surface area contributed by atoms with Crippen molar-refractivity contribution in [2.24, 2.45) is 5.73 Å². The largest absolute Gasteiger partial charge is 0.450 e. The smallest absolute Gasteiger partial charge is 0.354 e. The minimum Gasteiger partial charge on any atom is -0.450 e. The highest BCUT2D eigenvalue weighted by Gasteiger charge is 2.20. The average molecular weight is 442 g/mol. The Labute approximate surface area is 170 Å². The lowest BCUT2D eigenvalue weighted by Crippen LogP contribution is -2.23. The van der Waals surface area contributed by atoms with Crippen LogP contribution in [0.2, 0.25) is 0 Å². The molecule has 144 valence electrons. The predicted molar refractivity (Wildman–Crippen MR) is 113 cm³/mol. The summed E-state index contributed by atoms with van der Waals surface area (Å²) >= 11 is 3.42. The maximum absolute atomic E-state index is 12.5. The summed E-state index contributed by atoms with van der Waals surface area (Å²) in [7, 11) is 0. The van der Waals surface area contributed by atoms with Crippen LogP contribution in [0.3, 0.4) is 0 Å². The lowest BCUT2D eigenvalue weighted by Gasteiger charge is -2.21. The fourth-order valence-electron chi connectivity index (χ4n) is 2.96. The highest BCUT2D eigenvalue weighted by atomic mass is 79.9. The van der Waals surface area contributed by atoms with Crippen molar-refractivity contribution in [2.45, 2.75) is 13.0 Å². The molecule has 0 unspecified atom stereocenters. The second-order valence-corrected chi connectivity index (χ2v) is 7.38. The molecule has 3 aromatic rings. The molecule has 1 aliphatic heterocycles. The molecule has 1 aromatic heterocycles. The molecule has 2 aromatic carbocycles. The Bertz CT molecular complexity index is 1050. The molecule has 0 amide bonds. The van der Waals surface area contributed by atoms with E-state index in [0.29, 0.717) is 23.9 Å². The van der Waals surface area contributed by atoms with Crippen molar-refractivity contribution < 1.29 is 4.74 Å². The van der Waals surface area contributed by atoms with Crippen LogP contribution in [-0.4, -0.2) is 22.6 Å². The summed E-state index contributed by atoms with van der Waals surface area (Å²) in [6, 6.07) is 13.4. The van der Waals surface area contributed by atoms with Gasteiger partial charge in [-0.3, -0.25) is 4.57 Å². The van der Waals surface area contributed by atoms with Gasteiger partial charge in [0.1, 0.15) is 0 Å². The zero-order valence-corrected chi connectivity index (χ0v) is 16.7. The molecule has 4 N–H and O–H groups in total. The normalized spacial score (nSPS) is 11.9. The van der Waals surface area contributed by atoms with Crippen LogP contribution in [0.4, 0.5) is 11.5 Å². The zero-order valence-electron chi connectivity index (χ0n) is 15.1. The van der Waals surface area contributed by atoms with Gasteiger partial charge in [-0.25, -0.2) is 4.79 Å². The summed E-state index contributed by atoms with van der Waals surface area (Å²) in [6.07, 6.45) is 2.61. The first kappa shape index (κ1) is 18.7. The number of rotatable bonds is 6. The Morgan fingerprint density at radius 1 is 1.18 bits per heavy atom. The minimum absolute atomic E-state index is 0.373. The Hall–Kier alpha value is -2.68. The van der Waals surface area contributed by atoms with Crippen LogP contribution < -0.4 is 26.8 Å². The van der Waals surface area contributed by atoms with Crippen LogP contribution in [0.5, 0.6) is 11.5 Å². The molecule has 7 nitrogen and oxygen atoms in total. The molecule has 4 rings (SSSR count). The topological polar surface area (TPSA) is 94.2 Å². The van der Waals surface area contributed by atoms with Gasteiger partial charge in [-0.05, 0) is 55.4 Å². The van der Waals surface area contributed by atoms with Gasteiger partial charge in [0.05, 0.1) is 17.6 Å². The quantitative estimate of drug-likeness (QED) is 0.397. The maximum Gasteiger partial charge on any atom is 0.354 e. The summed E-state index contributed by atoms with van der Waals surface area (Å²) in [5.74, 6) is 1.59. The SMILES string of the molecule is NCCCNCc1ccc(-n2cc3c(nc2=O)Nc2cc(Br)ccc2O3)cc1. The Morgan fingerprint density at radius 3 is 2.79 bits per heavy atom. The first-order chi connectivity index (χ1) is 13.6. The van der Waals surface area contributed by atoms with E-state index in [9.17, 15) is 4.79 Å². The number of nitrogens with zero attached hydrogens (tertiary/aromatic N) is 2. The third-order valence-corrected chi connectivity index (χ3v) is 4.90. The Kier molecular flexibility index (Phi) is 5.43. The van der Waals surface area contributed by atoms with Crippen LogP contribution in [0.1, 0.15) is 12.0 Å². The lowest BCUT2D eigenvalue weighted by molar-refractivity contribution is 0.472. The van der Waals surface area contributed by atoms with E-state index in [-0.39, 0.29) is 5.69 Å². The van der Waals surface area contributed by atoms with Crippen molar-refractivity contribution in [1.82, 2.24) is 14.9 Å². The first-order valence-corrected chi connectivity index (χ1v) is 9.81. The Morgan fingerprint density at radius 2 is 2.00 bits per heavy atom. The highest BCUT2D eigenvalue weighted by Crippen LogP contribution is 2.41. The van der Waals surface area contributed by atoms with E-state index < -0.39 is 0 Å². The molecular formula is C20H20BrN5O2. The first-order valence-electron chi connectivity index (χ1n) is 9.02. The molecule has 0 spiro atoms. The second-order valence-electron chi connectivity index (χ2n) is 6.46. The summed E-state index contributed by atoms with van der Waals surface area (Å²) in [5.41, 5.74) is 7.75. The van der Waals surface area contributed by atoms with Crippen LogP contribution >= 0.6 is 15.9 Å². The molecule has 0 bridgehead atoms. The number of aromatic nitrogens is 2. The third-order valence-electron chi connectivity index (χ3n) is 4.41. The zero-order chi connectivity index (χ0) is 19.5. The number of nitrogens with two attached hydrogens (primary N) is 1. The monoisotopic (exact) mass is 441 g/mol. The summed E-state index contributed by atoms with van der Waals surface area (Å²) in [4.78, 5) is 16.7. The van der Waals surface area contributed by atoms with E-state index in [0.717, 1.165) is 40.9 Å². The number of nitrogens with one attached hydrogen (secondary N) is 2. The van der Waals surface area contributed by atoms with Gasteiger partial charge in [0, 0.05) is 11.0 Å². The van der Waals surface area contributed by atoms with Gasteiger partial charge in [-0.2, -0.15) is 4.98 Å². The van der Waals surface area contributed by atoms with Crippen LogP contribution in [0, 0.1) is 0 Å². The third kappa shape index (κ3) is 3.94. The van der Waals surface area contributed by atoms with E-state index in [1.165, 1.54) is 4.57 Å². The van der Waals surface area contributed by atoms with Crippen molar-refractivity contribution >= 4 is 27.4 Å². The number of fused-ring (bicyclic) bond motifs is 2. The van der Waals surface area contributed by atoms with Gasteiger partial charge >= 0.3 is 5.69 Å². The average Bonchev–Trinajstić information content (AvgIpc) is 2.70. The van der Waals surface area contributed by atoms with Crippen molar-refractivity contribution in [2.75, 3.05) is 18.4 Å². The number of hydrogen-bond donors (Lipinski definition) is 3. The van der Waals surface area contributed by atoms with E-state index in [4.69, 9.17) is 10.5 Å². The van der Waals surface area contributed by atoms with Gasteiger partial charge in [0.2, 0.25) is 0 Å². The number of hydrogen-bond acceptors (Lipinski definition) is 6. The maximum atomic E-state index is 12.5. The number of anilines is 2. The molecule has 0 saturated carbocycles. The minimum atomic E-state index is -0.373. The highest BCUT2D eigenvalue weighted by molar-refractivity contribution is 9.10. The molecule has 0 radical (unpaired) electrons. The van der Waals surface area contributed by atoms with E-state index in [1.54, 1.807) is 6.20 Å². The molecule has 0 saturated heterocycles. The summed E-state index contributed by atoms with van der Waals surface area (Å²) in [6.45, 7) is 2.32. The van der Waals surface area contributed by atoms with E-state index in [2.05, 4.69) is 31.5 Å². The van der Waals surface area contributed by atoms with Crippen molar-refractivity contribution in [3.05, 3.63) is 69.2 Å². The van der Waals surface area contributed by atoms with Crippen molar-refractivity contribution in [3.8, 4) is 17.2 Å². The van der Waals surface area contributed by atoms with Crippen molar-refractivity contribution in [1.29, 1.82) is 0 Å². The number of benzene rings is 2. The van der Waals surface area contributed by atoms with Crippen molar-refractivity contribution in [3.63, 3.8) is 0 Å². The predicted octanol–water partition coefficient (Wildman–Crippen LogP) is 3.28. The van der Waals surface area contributed by atoms with Crippen LogP contribution in [0.25, 0.3) is 5.69 Å². The van der Waals surface area contributed by atoms with Crippen LogP contribution in [0.15, 0.2) is 57.9 Å². The molecule has 0 atom stereocenters. The summed E-state index contributed by atoms with van der Waals surface area (Å²) in [5, 5.41) is 6.48. The molecular weight excluding hydrogens is 422 g/mol. The molecule has 0 aliphatic carbocycles. The lowest BCUT2D eigenvalue weighted by atomic mass is 10.2. The molecule has 28 heavy (non-hydrogen) atoms. The Balaban J connectivity index is 1.56. The standard InChI is InChI=1S/C20H20BrN5O2/c21-14-4-7-17-16(10-14)24-19-18(28-17)12-26(20(27)25-19)15-5-2-13(3-6-15)11-23-9-1-8-22/h2-7,10,12,23H,1,8-9,11,22H2,(H,24,25,27). The molecule has 0 fully saturated rings. The van der Waals surface area contributed by atoms with Gasteiger partial charge in [-0.15, -0.1) is 0 Å². The van der Waals surface area contributed by atoms with E-state index in [1.807, 2.05) is 42.5 Å². The van der Waals surface area contributed by atoms with Gasteiger partial charge < -0.3 is 21.1 Å². The van der Waals surface area contributed by atoms with Gasteiger partial charge in [0.15, 0.2) is 17.3 Å². The second kappa shape index (κ2) is 8.14. The fraction of sp³-hybridized carbons (Fsp3) is 0.200. The van der Waals surface area contributed by atoms with E-state index >= 15 is 0 Å². The molecule has 8 heteroatoms. The van der Waals surface area contributed by atoms with Gasteiger partial charge in [-0.1, -0.05) is 28.1 Å².